The maximum atomic E-state index is 10.2. The zero-order valence-corrected chi connectivity index (χ0v) is 13.7. The second-order valence-corrected chi connectivity index (χ2v) is 6.32. The van der Waals surface area contributed by atoms with Gasteiger partial charge in [-0.2, -0.15) is 0 Å². The molecule has 1 N–H and O–H groups in total. The van der Waals surface area contributed by atoms with E-state index in [1.165, 1.54) is 11.3 Å². The van der Waals surface area contributed by atoms with Crippen molar-refractivity contribution in [1.82, 2.24) is 4.98 Å². The molecule has 2 aromatic rings. The first-order valence-corrected chi connectivity index (χ1v) is 7.74. The van der Waals surface area contributed by atoms with Crippen molar-refractivity contribution in [2.45, 2.75) is 39.4 Å². The van der Waals surface area contributed by atoms with Crippen LogP contribution in [0.15, 0.2) is 24.3 Å². The molecule has 0 aliphatic rings. The van der Waals surface area contributed by atoms with Crippen molar-refractivity contribution in [1.29, 1.82) is 0 Å². The Balaban J connectivity index is 2.15. The lowest BCUT2D eigenvalue weighted by Gasteiger charge is -2.15. The number of rotatable bonds is 6. The molecule has 4 nitrogen and oxygen atoms in total. The summed E-state index contributed by atoms with van der Waals surface area (Å²) in [6.45, 7) is 5.97. The van der Waals surface area contributed by atoms with Crippen molar-refractivity contribution in [3.8, 4) is 11.5 Å². The molecule has 0 spiro atoms. The molecule has 114 valence electrons. The summed E-state index contributed by atoms with van der Waals surface area (Å²) in [5.74, 6) is 1.39. The Morgan fingerprint density at radius 2 is 1.90 bits per heavy atom. The van der Waals surface area contributed by atoms with Crippen LogP contribution < -0.4 is 9.47 Å². The highest BCUT2D eigenvalue weighted by Gasteiger charge is 2.24. The Bertz CT molecular complexity index is 602. The largest absolute Gasteiger partial charge is 0.493 e. The van der Waals surface area contributed by atoms with Crippen LogP contribution >= 0.6 is 11.3 Å². The van der Waals surface area contributed by atoms with E-state index in [1.807, 2.05) is 31.2 Å². The summed E-state index contributed by atoms with van der Waals surface area (Å²) < 4.78 is 11.0. The van der Waals surface area contributed by atoms with Crippen molar-refractivity contribution in [3.05, 3.63) is 39.8 Å². The van der Waals surface area contributed by atoms with Crippen molar-refractivity contribution < 1.29 is 14.6 Å². The molecule has 1 heterocycles. The van der Waals surface area contributed by atoms with Crippen LogP contribution in [0, 0.1) is 0 Å². The van der Waals surface area contributed by atoms with E-state index in [0.29, 0.717) is 18.1 Å². The van der Waals surface area contributed by atoms with Gasteiger partial charge in [0, 0.05) is 0 Å². The van der Waals surface area contributed by atoms with E-state index < -0.39 is 5.60 Å². The number of ether oxygens (including phenoxy) is 2. The molecule has 0 unspecified atom stereocenters. The maximum absolute atomic E-state index is 10.2. The van der Waals surface area contributed by atoms with Gasteiger partial charge >= 0.3 is 0 Å². The smallest absolute Gasteiger partial charge is 0.161 e. The lowest BCUT2D eigenvalue weighted by molar-refractivity contribution is 0.0814. The van der Waals surface area contributed by atoms with Crippen LogP contribution in [0.25, 0.3) is 0 Å². The van der Waals surface area contributed by atoms with Gasteiger partial charge in [0.2, 0.25) is 0 Å². The van der Waals surface area contributed by atoms with Crippen LogP contribution in [0.2, 0.25) is 0 Å². The molecule has 0 bridgehead atoms. The molecule has 0 atom stereocenters. The van der Waals surface area contributed by atoms with E-state index in [0.717, 1.165) is 22.0 Å². The van der Waals surface area contributed by atoms with Gasteiger partial charge in [0.05, 0.1) is 23.3 Å². The van der Waals surface area contributed by atoms with Gasteiger partial charge in [0.15, 0.2) is 11.5 Å². The maximum Gasteiger partial charge on any atom is 0.161 e. The molecule has 1 aromatic carbocycles. The Kier molecular flexibility index (Phi) is 4.85. The summed E-state index contributed by atoms with van der Waals surface area (Å²) >= 11 is 1.50. The van der Waals surface area contributed by atoms with Gasteiger partial charge in [-0.25, -0.2) is 4.98 Å². The number of benzene rings is 1. The number of hydrogen-bond donors (Lipinski definition) is 1. The highest BCUT2D eigenvalue weighted by molar-refractivity contribution is 7.11. The molecule has 0 aliphatic carbocycles. The number of thiazole rings is 1. The highest BCUT2D eigenvalue weighted by Crippen LogP contribution is 2.32. The molecule has 0 saturated carbocycles. The summed E-state index contributed by atoms with van der Waals surface area (Å²) in [5.41, 5.74) is 0.0669. The van der Waals surface area contributed by atoms with Gasteiger partial charge in [-0.1, -0.05) is 19.1 Å². The molecular weight excluding hydrogens is 286 g/mol. The van der Waals surface area contributed by atoms with Crippen molar-refractivity contribution >= 4 is 11.3 Å². The topological polar surface area (TPSA) is 51.6 Å². The third-order valence-electron chi connectivity index (χ3n) is 3.05. The molecular formula is C16H21NO3S. The van der Waals surface area contributed by atoms with E-state index in [9.17, 15) is 5.11 Å². The molecule has 1 aromatic heterocycles. The zero-order chi connectivity index (χ0) is 15.5. The predicted molar refractivity (Wildman–Crippen MR) is 84.1 cm³/mol. The Morgan fingerprint density at radius 3 is 2.43 bits per heavy atom. The SMILES string of the molecule is CCc1nc(COc2ccccc2OC)sc1C(C)(C)O. The Labute approximate surface area is 129 Å². The normalized spacial score (nSPS) is 11.5. The molecule has 0 amide bonds. The van der Waals surface area contributed by atoms with E-state index >= 15 is 0 Å². The predicted octanol–water partition coefficient (Wildman–Crippen LogP) is 3.52. The minimum absolute atomic E-state index is 0.369. The van der Waals surface area contributed by atoms with Crippen molar-refractivity contribution in [3.63, 3.8) is 0 Å². The monoisotopic (exact) mass is 307 g/mol. The third-order valence-corrected chi connectivity index (χ3v) is 4.44. The first-order valence-electron chi connectivity index (χ1n) is 6.93. The van der Waals surface area contributed by atoms with Gasteiger partial charge in [-0.15, -0.1) is 11.3 Å². The number of nitrogens with zero attached hydrogens (tertiary/aromatic N) is 1. The minimum atomic E-state index is -0.869. The van der Waals surface area contributed by atoms with Crippen molar-refractivity contribution in [2.24, 2.45) is 0 Å². The lowest BCUT2D eigenvalue weighted by Crippen LogP contribution is -2.15. The van der Waals surface area contributed by atoms with Crippen LogP contribution in [0.1, 0.15) is 36.3 Å². The molecule has 0 saturated heterocycles. The molecule has 0 fully saturated rings. The Morgan fingerprint density at radius 1 is 1.24 bits per heavy atom. The summed E-state index contributed by atoms with van der Waals surface area (Å²) in [7, 11) is 1.62. The average Bonchev–Trinajstić information content (AvgIpc) is 2.89. The van der Waals surface area contributed by atoms with Crippen LogP contribution in [0.5, 0.6) is 11.5 Å². The van der Waals surface area contributed by atoms with E-state index in [1.54, 1.807) is 21.0 Å². The minimum Gasteiger partial charge on any atom is -0.493 e. The van der Waals surface area contributed by atoms with Gasteiger partial charge in [-0.3, -0.25) is 0 Å². The summed E-state index contributed by atoms with van der Waals surface area (Å²) in [6.07, 6.45) is 0.796. The fourth-order valence-corrected chi connectivity index (χ4v) is 3.12. The summed E-state index contributed by atoms with van der Waals surface area (Å²) in [6, 6.07) is 7.52. The van der Waals surface area contributed by atoms with E-state index in [2.05, 4.69) is 4.98 Å². The van der Waals surface area contributed by atoms with E-state index in [-0.39, 0.29) is 0 Å². The van der Waals surface area contributed by atoms with Crippen molar-refractivity contribution in [2.75, 3.05) is 7.11 Å². The number of aromatic nitrogens is 1. The van der Waals surface area contributed by atoms with Gasteiger partial charge < -0.3 is 14.6 Å². The standard InChI is InChI=1S/C16H21NO3S/c1-5-11-15(16(2,3)18)21-14(17-11)10-20-13-9-7-6-8-12(13)19-4/h6-9,18H,5,10H2,1-4H3. The highest BCUT2D eigenvalue weighted by atomic mass is 32.1. The van der Waals surface area contributed by atoms with Crippen LogP contribution in [0.4, 0.5) is 0 Å². The number of aliphatic hydroxyl groups is 1. The molecule has 0 aliphatic heterocycles. The van der Waals surface area contributed by atoms with Crippen LogP contribution in [0.3, 0.4) is 0 Å². The van der Waals surface area contributed by atoms with Gasteiger partial charge in [0.25, 0.3) is 0 Å². The number of aryl methyl sites for hydroxylation is 1. The lowest BCUT2D eigenvalue weighted by atomic mass is 10.1. The fourth-order valence-electron chi connectivity index (χ4n) is 2.06. The quantitative estimate of drug-likeness (QED) is 0.887. The summed E-state index contributed by atoms with van der Waals surface area (Å²) in [4.78, 5) is 5.46. The molecule has 5 heteroatoms. The first-order chi connectivity index (χ1) is 9.95. The summed E-state index contributed by atoms with van der Waals surface area (Å²) in [5, 5.41) is 11.0. The van der Waals surface area contributed by atoms with Crippen LogP contribution in [-0.2, 0) is 18.6 Å². The Hall–Kier alpha value is -1.59. The molecule has 0 radical (unpaired) electrons. The number of methoxy groups -OCH3 is 1. The second kappa shape index (κ2) is 6.45. The second-order valence-electron chi connectivity index (χ2n) is 5.24. The van der Waals surface area contributed by atoms with E-state index in [4.69, 9.17) is 9.47 Å². The fraction of sp³-hybridized carbons (Fsp3) is 0.438. The van der Waals surface area contributed by atoms with Gasteiger partial charge in [0.1, 0.15) is 11.6 Å². The number of hydrogen-bond acceptors (Lipinski definition) is 5. The first kappa shape index (κ1) is 15.8. The number of para-hydroxylation sites is 2. The van der Waals surface area contributed by atoms with Gasteiger partial charge in [-0.05, 0) is 32.4 Å². The molecule has 21 heavy (non-hydrogen) atoms. The molecule has 2 rings (SSSR count). The van der Waals surface area contributed by atoms with Crippen LogP contribution in [-0.4, -0.2) is 17.2 Å². The third kappa shape index (κ3) is 3.74. The zero-order valence-electron chi connectivity index (χ0n) is 12.8. The average molecular weight is 307 g/mol.